The van der Waals surface area contributed by atoms with Gasteiger partial charge in [-0.2, -0.15) is 16.9 Å². The number of halogens is 1. The molecule has 112 valence electrons. The second-order valence-corrected chi connectivity index (χ2v) is 6.61. The van der Waals surface area contributed by atoms with Gasteiger partial charge in [-0.15, -0.1) is 11.6 Å². The number of aromatic nitrogens is 4. The third kappa shape index (κ3) is 2.58. The van der Waals surface area contributed by atoms with Crippen molar-refractivity contribution in [1.29, 1.82) is 0 Å². The highest BCUT2D eigenvalue weighted by Gasteiger charge is 2.24. The van der Waals surface area contributed by atoms with Gasteiger partial charge in [0.25, 0.3) is 0 Å². The molecule has 0 fully saturated rings. The van der Waals surface area contributed by atoms with Gasteiger partial charge in [0.2, 0.25) is 0 Å². The Labute approximate surface area is 129 Å². The summed E-state index contributed by atoms with van der Waals surface area (Å²) in [6, 6.07) is 0.410. The van der Waals surface area contributed by atoms with Crippen molar-refractivity contribution in [3.05, 3.63) is 11.5 Å². The van der Waals surface area contributed by atoms with Crippen LogP contribution in [0.1, 0.15) is 50.1 Å². The van der Waals surface area contributed by atoms with Crippen LogP contribution >= 0.6 is 23.4 Å². The van der Waals surface area contributed by atoms with E-state index in [9.17, 15) is 0 Å². The van der Waals surface area contributed by atoms with Gasteiger partial charge in [-0.3, -0.25) is 0 Å². The lowest BCUT2D eigenvalue weighted by atomic mass is 10.2. The zero-order valence-electron chi connectivity index (χ0n) is 12.9. The van der Waals surface area contributed by atoms with Gasteiger partial charge in [0, 0.05) is 18.3 Å². The van der Waals surface area contributed by atoms with Crippen LogP contribution < -0.4 is 0 Å². The molecule has 0 saturated heterocycles. The van der Waals surface area contributed by atoms with E-state index in [0.717, 1.165) is 41.4 Å². The maximum atomic E-state index is 6.37. The Hall–Kier alpha value is -0.680. The van der Waals surface area contributed by atoms with Gasteiger partial charge < -0.3 is 4.57 Å². The minimum absolute atomic E-state index is 0.0944. The maximum Gasteiger partial charge on any atom is 0.159 e. The number of thioether (sulfide) groups is 1. The van der Waals surface area contributed by atoms with Gasteiger partial charge in [0.1, 0.15) is 11.3 Å². The van der Waals surface area contributed by atoms with E-state index in [4.69, 9.17) is 16.6 Å². The van der Waals surface area contributed by atoms with E-state index in [0.29, 0.717) is 6.04 Å². The van der Waals surface area contributed by atoms with Crippen LogP contribution in [0.4, 0.5) is 0 Å². The minimum Gasteiger partial charge on any atom is -0.308 e. The minimum atomic E-state index is -0.0944. The summed E-state index contributed by atoms with van der Waals surface area (Å²) in [6.07, 6.45) is 3.21. The summed E-state index contributed by atoms with van der Waals surface area (Å²) in [5.41, 5.74) is 3.10. The quantitative estimate of drug-likeness (QED) is 0.750. The third-order valence-corrected chi connectivity index (χ3v) is 4.54. The first-order chi connectivity index (χ1) is 9.54. The molecule has 4 nitrogen and oxygen atoms in total. The highest BCUT2D eigenvalue weighted by Crippen LogP contribution is 2.31. The second kappa shape index (κ2) is 6.39. The van der Waals surface area contributed by atoms with Crippen LogP contribution in [0.25, 0.3) is 11.2 Å². The number of alkyl halides is 1. The van der Waals surface area contributed by atoms with Crippen molar-refractivity contribution >= 4 is 34.5 Å². The van der Waals surface area contributed by atoms with Crippen molar-refractivity contribution in [2.24, 2.45) is 0 Å². The lowest BCUT2D eigenvalue weighted by Gasteiger charge is -2.20. The topological polar surface area (TPSA) is 35.6 Å². The molecule has 0 aliphatic heterocycles. The average molecular weight is 315 g/mol. The zero-order valence-corrected chi connectivity index (χ0v) is 14.4. The summed E-state index contributed by atoms with van der Waals surface area (Å²) in [6.45, 7) is 9.19. The summed E-state index contributed by atoms with van der Waals surface area (Å²) in [7, 11) is 0. The fourth-order valence-corrected chi connectivity index (χ4v) is 3.56. The highest BCUT2D eigenvalue weighted by atomic mass is 35.5. The average Bonchev–Trinajstić information content (AvgIpc) is 2.94. The summed E-state index contributed by atoms with van der Waals surface area (Å²) in [4.78, 5) is 4.77. The molecule has 0 radical (unpaired) electrons. The van der Waals surface area contributed by atoms with Crippen LogP contribution in [0.15, 0.2) is 0 Å². The molecule has 0 aromatic carbocycles. The molecule has 0 spiro atoms. The van der Waals surface area contributed by atoms with Crippen molar-refractivity contribution in [3.8, 4) is 0 Å². The SMILES string of the molecule is CCC(CSC)n1c(C(C)Cl)nc2c(C)nn(CC)c21. The van der Waals surface area contributed by atoms with Crippen LogP contribution in [-0.2, 0) is 6.54 Å². The summed E-state index contributed by atoms with van der Waals surface area (Å²) in [5, 5.41) is 4.50. The number of aryl methyl sites for hydroxylation is 2. The molecule has 2 heterocycles. The van der Waals surface area contributed by atoms with Crippen LogP contribution in [0, 0.1) is 6.92 Å². The van der Waals surface area contributed by atoms with Crippen LogP contribution in [0.5, 0.6) is 0 Å². The van der Waals surface area contributed by atoms with Gasteiger partial charge in [0.15, 0.2) is 5.65 Å². The molecule has 0 amide bonds. The first kappa shape index (κ1) is 15.7. The van der Waals surface area contributed by atoms with E-state index in [1.165, 1.54) is 0 Å². The summed E-state index contributed by atoms with van der Waals surface area (Å²) >= 11 is 8.23. The van der Waals surface area contributed by atoms with E-state index in [2.05, 4.69) is 29.8 Å². The van der Waals surface area contributed by atoms with E-state index in [1.54, 1.807) is 0 Å². The zero-order chi connectivity index (χ0) is 14.9. The lowest BCUT2D eigenvalue weighted by molar-refractivity contribution is 0.511. The Bertz CT molecular complexity index is 588. The smallest absolute Gasteiger partial charge is 0.159 e. The van der Waals surface area contributed by atoms with Gasteiger partial charge >= 0.3 is 0 Å². The maximum absolute atomic E-state index is 6.37. The Morgan fingerprint density at radius 2 is 2.05 bits per heavy atom. The molecule has 0 N–H and O–H groups in total. The molecule has 2 aromatic heterocycles. The third-order valence-electron chi connectivity index (χ3n) is 3.62. The van der Waals surface area contributed by atoms with Gasteiger partial charge in [0.05, 0.1) is 11.1 Å². The van der Waals surface area contributed by atoms with E-state index < -0.39 is 0 Å². The molecule has 2 atom stereocenters. The number of hydrogen-bond acceptors (Lipinski definition) is 3. The van der Waals surface area contributed by atoms with Crippen molar-refractivity contribution < 1.29 is 0 Å². The monoisotopic (exact) mass is 314 g/mol. The predicted molar refractivity (Wildman–Crippen MR) is 87.9 cm³/mol. The molecule has 2 unspecified atom stereocenters. The lowest BCUT2D eigenvalue weighted by Crippen LogP contribution is -2.17. The van der Waals surface area contributed by atoms with E-state index in [-0.39, 0.29) is 5.38 Å². The van der Waals surface area contributed by atoms with E-state index >= 15 is 0 Å². The number of nitrogens with zero attached hydrogens (tertiary/aromatic N) is 4. The Balaban J connectivity index is 2.72. The van der Waals surface area contributed by atoms with Gasteiger partial charge in [-0.25, -0.2) is 9.67 Å². The largest absolute Gasteiger partial charge is 0.308 e. The van der Waals surface area contributed by atoms with Crippen molar-refractivity contribution in [2.45, 2.75) is 52.1 Å². The molecule has 0 saturated carbocycles. The van der Waals surface area contributed by atoms with Crippen molar-refractivity contribution in [2.75, 3.05) is 12.0 Å². The molecular weight excluding hydrogens is 292 g/mol. The fraction of sp³-hybridized carbons (Fsp3) is 0.714. The van der Waals surface area contributed by atoms with Gasteiger partial charge in [-0.1, -0.05) is 6.92 Å². The van der Waals surface area contributed by atoms with Crippen LogP contribution in [-0.4, -0.2) is 31.3 Å². The molecule has 2 rings (SSSR count). The Kier molecular flexibility index (Phi) is 5.02. The number of rotatable bonds is 6. The normalized spacial score (nSPS) is 14.9. The predicted octanol–water partition coefficient (Wildman–Crippen LogP) is 4.18. The Morgan fingerprint density at radius 3 is 2.55 bits per heavy atom. The van der Waals surface area contributed by atoms with Crippen molar-refractivity contribution in [3.63, 3.8) is 0 Å². The molecule has 0 aliphatic carbocycles. The Morgan fingerprint density at radius 1 is 1.35 bits per heavy atom. The van der Waals surface area contributed by atoms with Crippen molar-refractivity contribution in [1.82, 2.24) is 19.3 Å². The number of fused-ring (bicyclic) bond motifs is 1. The van der Waals surface area contributed by atoms with Gasteiger partial charge in [-0.05, 0) is 33.4 Å². The second-order valence-electron chi connectivity index (χ2n) is 5.05. The van der Waals surface area contributed by atoms with Crippen LogP contribution in [0.2, 0.25) is 0 Å². The fourth-order valence-electron chi connectivity index (χ4n) is 2.63. The molecular formula is C14H23ClN4S. The standard InChI is InChI=1S/C14H23ClN4S/c1-6-11(8-20-5)19-13(9(3)15)16-12-10(4)17-18(7-2)14(12)19/h9,11H,6-8H2,1-5H3. The highest BCUT2D eigenvalue weighted by molar-refractivity contribution is 7.98. The summed E-state index contributed by atoms with van der Waals surface area (Å²) < 4.78 is 4.36. The molecule has 2 aromatic rings. The molecule has 0 bridgehead atoms. The first-order valence-electron chi connectivity index (χ1n) is 7.13. The van der Waals surface area contributed by atoms with Crippen LogP contribution in [0.3, 0.4) is 0 Å². The molecule has 6 heteroatoms. The number of hydrogen-bond donors (Lipinski definition) is 0. The summed E-state index contributed by atoms with van der Waals surface area (Å²) in [5.74, 6) is 2.03. The molecule has 20 heavy (non-hydrogen) atoms. The first-order valence-corrected chi connectivity index (χ1v) is 8.96. The molecule has 0 aliphatic rings. The number of imidazole rings is 1. The van der Waals surface area contributed by atoms with E-state index in [1.807, 2.05) is 30.3 Å².